The fourth-order valence-corrected chi connectivity index (χ4v) is 3.31. The van der Waals surface area contributed by atoms with Crippen molar-refractivity contribution >= 4 is 17.4 Å². The highest BCUT2D eigenvalue weighted by molar-refractivity contribution is 6.08. The van der Waals surface area contributed by atoms with E-state index >= 15 is 0 Å². The molecule has 0 spiro atoms. The first kappa shape index (κ1) is 17.9. The van der Waals surface area contributed by atoms with Gasteiger partial charge >= 0.3 is 0 Å². The van der Waals surface area contributed by atoms with Gasteiger partial charge in [-0.05, 0) is 40.7 Å². The van der Waals surface area contributed by atoms with Gasteiger partial charge < -0.3 is 10.6 Å². The fourth-order valence-electron chi connectivity index (χ4n) is 3.31. The molecule has 0 aromatic heterocycles. The van der Waals surface area contributed by atoms with Gasteiger partial charge in [-0.15, -0.1) is 0 Å². The van der Waals surface area contributed by atoms with Gasteiger partial charge in [0, 0.05) is 26.1 Å². The highest BCUT2D eigenvalue weighted by Crippen LogP contribution is 2.43. The van der Waals surface area contributed by atoms with E-state index in [2.05, 4.69) is 34.9 Å². The first-order chi connectivity index (χ1) is 12.7. The van der Waals surface area contributed by atoms with Crippen LogP contribution in [0.5, 0.6) is 0 Å². The summed E-state index contributed by atoms with van der Waals surface area (Å²) in [7, 11) is 1.65. The maximum atomic E-state index is 12.4. The highest BCUT2D eigenvalue weighted by Gasteiger charge is 2.22. The second-order valence-corrected chi connectivity index (χ2v) is 6.42. The van der Waals surface area contributed by atoms with Gasteiger partial charge in [0.1, 0.15) is 0 Å². The van der Waals surface area contributed by atoms with Crippen LogP contribution >= 0.6 is 0 Å². The summed E-state index contributed by atoms with van der Waals surface area (Å²) in [5, 5.41) is 5.57. The van der Waals surface area contributed by atoms with Gasteiger partial charge in [-0.3, -0.25) is 9.59 Å². The van der Waals surface area contributed by atoms with Crippen molar-refractivity contribution in [2.75, 3.05) is 13.6 Å². The molecule has 1 aliphatic rings. The van der Waals surface area contributed by atoms with Crippen molar-refractivity contribution in [1.29, 1.82) is 0 Å². The third-order valence-corrected chi connectivity index (χ3v) is 4.66. The predicted octanol–water partition coefficient (Wildman–Crippen LogP) is 3.52. The summed E-state index contributed by atoms with van der Waals surface area (Å²) < 4.78 is 0. The second-order valence-electron chi connectivity index (χ2n) is 6.42. The van der Waals surface area contributed by atoms with Crippen molar-refractivity contribution in [1.82, 2.24) is 10.6 Å². The van der Waals surface area contributed by atoms with Crippen LogP contribution in [-0.4, -0.2) is 25.4 Å². The van der Waals surface area contributed by atoms with Gasteiger partial charge in [-0.2, -0.15) is 0 Å². The lowest BCUT2D eigenvalue weighted by Gasteiger charge is -2.05. The Morgan fingerprint density at radius 3 is 2.00 bits per heavy atom. The minimum absolute atomic E-state index is 0.0670. The standard InChI is InChI=1S/C22H24N2O2/c1-23-21(25)13-3-2-8-14-24-22(26)15-20-18-11-6-4-9-16(18)17-10-5-7-12-19(17)20/h4-7,9-12,15H,2-3,8,13-14H2,1H3,(H,23,25)(H,24,26). The number of unbranched alkanes of at least 4 members (excludes halogenated alkanes) is 2. The molecule has 0 heterocycles. The predicted molar refractivity (Wildman–Crippen MR) is 105 cm³/mol. The van der Waals surface area contributed by atoms with Crippen molar-refractivity contribution in [3.8, 4) is 11.1 Å². The molecule has 0 atom stereocenters. The lowest BCUT2D eigenvalue weighted by atomic mass is 10.0. The van der Waals surface area contributed by atoms with Gasteiger partial charge in [-0.1, -0.05) is 55.0 Å². The van der Waals surface area contributed by atoms with Gasteiger partial charge in [0.25, 0.3) is 0 Å². The SMILES string of the molecule is CNC(=O)CCCCCNC(=O)C=C1c2ccccc2-c2ccccc21. The molecule has 4 heteroatoms. The lowest BCUT2D eigenvalue weighted by Crippen LogP contribution is -2.22. The van der Waals surface area contributed by atoms with Crippen molar-refractivity contribution in [2.45, 2.75) is 25.7 Å². The maximum Gasteiger partial charge on any atom is 0.244 e. The number of carbonyl (C=O) groups is 2. The summed E-state index contributed by atoms with van der Waals surface area (Å²) >= 11 is 0. The van der Waals surface area contributed by atoms with Gasteiger partial charge in [0.2, 0.25) is 11.8 Å². The monoisotopic (exact) mass is 348 g/mol. The van der Waals surface area contributed by atoms with Crippen LogP contribution < -0.4 is 10.6 Å². The second kappa shape index (κ2) is 8.48. The lowest BCUT2D eigenvalue weighted by molar-refractivity contribution is -0.120. The molecule has 0 saturated carbocycles. The van der Waals surface area contributed by atoms with E-state index in [1.54, 1.807) is 13.1 Å². The summed E-state index contributed by atoms with van der Waals surface area (Å²) in [6, 6.07) is 16.4. The molecule has 0 bridgehead atoms. The molecular weight excluding hydrogens is 324 g/mol. The minimum Gasteiger partial charge on any atom is -0.359 e. The summed E-state index contributed by atoms with van der Waals surface area (Å²) in [5.41, 5.74) is 5.55. The van der Waals surface area contributed by atoms with Crippen molar-refractivity contribution < 1.29 is 9.59 Å². The summed E-state index contributed by atoms with van der Waals surface area (Å²) in [5.74, 6) is -0.00450. The Balaban J connectivity index is 1.59. The molecular formula is C22H24N2O2. The summed E-state index contributed by atoms with van der Waals surface area (Å²) in [6.07, 6.45) is 4.89. The van der Waals surface area contributed by atoms with Crippen LogP contribution in [-0.2, 0) is 9.59 Å². The van der Waals surface area contributed by atoms with E-state index in [4.69, 9.17) is 0 Å². The molecule has 134 valence electrons. The smallest absolute Gasteiger partial charge is 0.244 e. The van der Waals surface area contributed by atoms with Gasteiger partial charge in [-0.25, -0.2) is 0 Å². The van der Waals surface area contributed by atoms with E-state index in [1.807, 2.05) is 24.3 Å². The van der Waals surface area contributed by atoms with Crippen LogP contribution in [0, 0.1) is 0 Å². The zero-order valence-corrected chi connectivity index (χ0v) is 15.0. The third-order valence-electron chi connectivity index (χ3n) is 4.66. The number of hydrogen-bond donors (Lipinski definition) is 2. The van der Waals surface area contributed by atoms with E-state index in [0.717, 1.165) is 36.0 Å². The molecule has 2 amide bonds. The highest BCUT2D eigenvalue weighted by atomic mass is 16.2. The number of hydrogen-bond acceptors (Lipinski definition) is 2. The first-order valence-electron chi connectivity index (χ1n) is 9.10. The Bertz CT molecular complexity index is 792. The Hall–Kier alpha value is -2.88. The molecule has 0 fully saturated rings. The number of benzene rings is 2. The molecule has 2 aromatic carbocycles. The van der Waals surface area contributed by atoms with E-state index in [-0.39, 0.29) is 11.8 Å². The molecule has 2 N–H and O–H groups in total. The molecule has 3 rings (SSSR count). The fraction of sp³-hybridized carbons (Fsp3) is 0.273. The van der Waals surface area contributed by atoms with Gasteiger partial charge in [0.15, 0.2) is 0 Å². The van der Waals surface area contributed by atoms with Crippen LogP contribution in [0.25, 0.3) is 16.7 Å². The Labute approximate surface area is 154 Å². The topological polar surface area (TPSA) is 58.2 Å². The van der Waals surface area contributed by atoms with Gasteiger partial charge in [0.05, 0.1) is 0 Å². The number of rotatable bonds is 7. The average Bonchev–Trinajstić information content (AvgIpc) is 2.98. The number of amides is 2. The molecule has 2 aromatic rings. The quantitative estimate of drug-likeness (QED) is 0.507. The molecule has 0 saturated heterocycles. The molecule has 1 aliphatic carbocycles. The molecule has 0 aliphatic heterocycles. The largest absolute Gasteiger partial charge is 0.359 e. The number of nitrogens with one attached hydrogen (secondary N) is 2. The third kappa shape index (κ3) is 4.02. The van der Waals surface area contributed by atoms with Crippen LogP contribution in [0.1, 0.15) is 36.8 Å². The van der Waals surface area contributed by atoms with Crippen LogP contribution in [0.15, 0.2) is 54.6 Å². The van der Waals surface area contributed by atoms with E-state index < -0.39 is 0 Å². The molecule has 4 nitrogen and oxygen atoms in total. The van der Waals surface area contributed by atoms with Crippen molar-refractivity contribution in [3.63, 3.8) is 0 Å². The zero-order valence-electron chi connectivity index (χ0n) is 15.0. The van der Waals surface area contributed by atoms with Crippen LogP contribution in [0.4, 0.5) is 0 Å². The van der Waals surface area contributed by atoms with E-state index in [9.17, 15) is 9.59 Å². The van der Waals surface area contributed by atoms with E-state index in [1.165, 1.54) is 11.1 Å². The van der Waals surface area contributed by atoms with Crippen LogP contribution in [0.3, 0.4) is 0 Å². The van der Waals surface area contributed by atoms with Crippen LogP contribution in [0.2, 0.25) is 0 Å². The Kier molecular flexibility index (Phi) is 5.84. The minimum atomic E-state index is -0.0715. The number of fused-ring (bicyclic) bond motifs is 3. The first-order valence-corrected chi connectivity index (χ1v) is 9.10. The zero-order chi connectivity index (χ0) is 18.4. The van der Waals surface area contributed by atoms with Crippen molar-refractivity contribution in [3.05, 3.63) is 65.7 Å². The Morgan fingerprint density at radius 2 is 1.42 bits per heavy atom. The molecule has 0 radical (unpaired) electrons. The maximum absolute atomic E-state index is 12.4. The average molecular weight is 348 g/mol. The van der Waals surface area contributed by atoms with E-state index in [0.29, 0.717) is 13.0 Å². The molecule has 26 heavy (non-hydrogen) atoms. The normalized spacial score (nSPS) is 11.5. The Morgan fingerprint density at radius 1 is 0.846 bits per heavy atom. The summed E-state index contributed by atoms with van der Waals surface area (Å²) in [6.45, 7) is 0.625. The summed E-state index contributed by atoms with van der Waals surface area (Å²) in [4.78, 5) is 23.5. The number of carbonyl (C=O) groups excluding carboxylic acids is 2. The molecule has 0 unspecified atom stereocenters. The van der Waals surface area contributed by atoms with Crippen molar-refractivity contribution in [2.24, 2.45) is 0 Å².